The van der Waals surface area contributed by atoms with Gasteiger partial charge in [0.1, 0.15) is 5.82 Å². The maximum atomic E-state index is 13.8. The second-order valence-electron chi connectivity index (χ2n) is 6.08. The van der Waals surface area contributed by atoms with Crippen molar-refractivity contribution >= 4 is 11.9 Å². The van der Waals surface area contributed by atoms with Crippen LogP contribution >= 0.6 is 0 Å². The largest absolute Gasteiger partial charge is 0.355 e. The lowest BCUT2D eigenvalue weighted by molar-refractivity contribution is 0.0963. The summed E-state index contributed by atoms with van der Waals surface area (Å²) in [5.41, 5.74) is 3.04. The molecule has 0 aromatic heterocycles. The molecular weight excluding hydrogens is 331 g/mol. The van der Waals surface area contributed by atoms with E-state index in [0.29, 0.717) is 23.6 Å². The Bertz CT molecular complexity index is 804. The van der Waals surface area contributed by atoms with Crippen LogP contribution in [0.25, 0.3) is 0 Å². The number of aryl methyl sites for hydroxylation is 1. The zero-order valence-corrected chi connectivity index (χ0v) is 15.6. The Labute approximate surface area is 153 Å². The molecule has 0 heterocycles. The number of aliphatic imine (C=N–C) groups is 1. The fraction of sp³-hybridized carbons (Fsp3) is 0.300. The highest BCUT2D eigenvalue weighted by atomic mass is 19.1. The lowest BCUT2D eigenvalue weighted by Crippen LogP contribution is -2.38. The van der Waals surface area contributed by atoms with E-state index >= 15 is 0 Å². The molecule has 0 radical (unpaired) electrons. The second kappa shape index (κ2) is 8.99. The van der Waals surface area contributed by atoms with Gasteiger partial charge in [-0.05, 0) is 48.7 Å². The molecule has 1 unspecified atom stereocenters. The van der Waals surface area contributed by atoms with Gasteiger partial charge in [-0.15, -0.1) is 0 Å². The van der Waals surface area contributed by atoms with Crippen molar-refractivity contribution in [1.29, 1.82) is 0 Å². The van der Waals surface area contributed by atoms with E-state index in [1.807, 2.05) is 31.2 Å². The summed E-state index contributed by atoms with van der Waals surface area (Å²) in [5.74, 6) is 0.262. The third-order valence-electron chi connectivity index (χ3n) is 4.15. The molecule has 138 valence electrons. The first-order valence-electron chi connectivity index (χ1n) is 8.49. The summed E-state index contributed by atoms with van der Waals surface area (Å²) in [7, 11) is 3.28. The monoisotopic (exact) mass is 356 g/mol. The van der Waals surface area contributed by atoms with Crippen LogP contribution in [0.2, 0.25) is 0 Å². The highest BCUT2D eigenvalue weighted by Crippen LogP contribution is 2.16. The lowest BCUT2D eigenvalue weighted by atomic mass is 10.1. The molecule has 0 aliphatic rings. The van der Waals surface area contributed by atoms with Gasteiger partial charge in [-0.3, -0.25) is 9.79 Å². The summed E-state index contributed by atoms with van der Waals surface area (Å²) < 4.78 is 13.8. The van der Waals surface area contributed by atoms with Gasteiger partial charge in [-0.25, -0.2) is 4.39 Å². The summed E-state index contributed by atoms with van der Waals surface area (Å²) in [4.78, 5) is 15.9. The molecule has 1 amide bonds. The van der Waals surface area contributed by atoms with E-state index in [0.717, 1.165) is 11.1 Å². The van der Waals surface area contributed by atoms with E-state index in [2.05, 4.69) is 20.9 Å². The first-order chi connectivity index (χ1) is 12.4. The molecule has 0 spiro atoms. The molecule has 3 N–H and O–H groups in total. The highest BCUT2D eigenvalue weighted by Gasteiger charge is 2.10. The summed E-state index contributed by atoms with van der Waals surface area (Å²) in [5, 5.41) is 9.06. The Balaban J connectivity index is 1.99. The molecule has 0 aliphatic heterocycles. The fourth-order valence-electron chi connectivity index (χ4n) is 2.51. The second-order valence-corrected chi connectivity index (χ2v) is 6.08. The van der Waals surface area contributed by atoms with Crippen molar-refractivity contribution in [3.05, 3.63) is 70.5 Å². The Hall–Kier alpha value is -2.89. The van der Waals surface area contributed by atoms with Crippen molar-refractivity contribution < 1.29 is 9.18 Å². The predicted octanol–water partition coefficient (Wildman–Crippen LogP) is 2.92. The van der Waals surface area contributed by atoms with Crippen molar-refractivity contribution in [2.24, 2.45) is 4.99 Å². The lowest BCUT2D eigenvalue weighted by Gasteiger charge is -2.19. The Morgan fingerprint density at radius 1 is 1.23 bits per heavy atom. The number of rotatable bonds is 5. The number of halogens is 1. The Morgan fingerprint density at radius 3 is 2.65 bits per heavy atom. The standard InChI is InChI=1S/C20H25FN4O/c1-13-8-9-16(11-18(13)21)14(2)25-20(23-4)24-12-15-6-5-7-17(10-15)19(26)22-3/h5-11,14H,12H2,1-4H3,(H,22,26)(H2,23,24,25). The SMILES string of the molecule is CN=C(NCc1cccc(C(=O)NC)c1)NC(C)c1ccc(C)c(F)c1. The predicted molar refractivity (Wildman–Crippen MR) is 103 cm³/mol. The minimum absolute atomic E-state index is 0.103. The van der Waals surface area contributed by atoms with Crippen molar-refractivity contribution in [2.45, 2.75) is 26.4 Å². The molecule has 0 saturated heterocycles. The normalized spacial score (nSPS) is 12.4. The van der Waals surface area contributed by atoms with Gasteiger partial charge < -0.3 is 16.0 Å². The number of guanidine groups is 1. The molecule has 26 heavy (non-hydrogen) atoms. The van der Waals surface area contributed by atoms with Gasteiger partial charge in [0, 0.05) is 26.2 Å². The highest BCUT2D eigenvalue weighted by molar-refractivity contribution is 5.94. The maximum absolute atomic E-state index is 13.8. The van der Waals surface area contributed by atoms with Crippen LogP contribution in [-0.2, 0) is 6.54 Å². The minimum Gasteiger partial charge on any atom is -0.355 e. The van der Waals surface area contributed by atoms with Crippen molar-refractivity contribution in [3.63, 3.8) is 0 Å². The number of carbonyl (C=O) groups excluding carboxylic acids is 1. The third-order valence-corrected chi connectivity index (χ3v) is 4.15. The average molecular weight is 356 g/mol. The van der Waals surface area contributed by atoms with Crippen LogP contribution in [0.4, 0.5) is 4.39 Å². The van der Waals surface area contributed by atoms with Crippen LogP contribution in [0.5, 0.6) is 0 Å². The molecule has 2 aromatic rings. The number of carbonyl (C=O) groups is 1. The first kappa shape index (κ1) is 19.4. The number of hydrogen-bond acceptors (Lipinski definition) is 2. The minimum atomic E-state index is -0.217. The smallest absolute Gasteiger partial charge is 0.251 e. The maximum Gasteiger partial charge on any atom is 0.251 e. The Morgan fingerprint density at radius 2 is 2.00 bits per heavy atom. The summed E-state index contributed by atoms with van der Waals surface area (Å²) in [6.45, 7) is 4.20. The summed E-state index contributed by atoms with van der Waals surface area (Å²) in [6.07, 6.45) is 0. The van der Waals surface area contributed by atoms with Gasteiger partial charge in [0.15, 0.2) is 5.96 Å². The first-order valence-corrected chi connectivity index (χ1v) is 8.49. The quantitative estimate of drug-likeness (QED) is 0.570. The van der Waals surface area contributed by atoms with Gasteiger partial charge in [-0.2, -0.15) is 0 Å². The molecule has 2 rings (SSSR count). The van der Waals surface area contributed by atoms with E-state index in [1.165, 1.54) is 6.07 Å². The van der Waals surface area contributed by atoms with Crippen LogP contribution in [0.15, 0.2) is 47.5 Å². The fourth-order valence-corrected chi connectivity index (χ4v) is 2.51. The zero-order valence-electron chi connectivity index (χ0n) is 15.6. The number of hydrogen-bond donors (Lipinski definition) is 3. The van der Waals surface area contributed by atoms with E-state index in [4.69, 9.17) is 0 Å². The topological polar surface area (TPSA) is 65.5 Å². The van der Waals surface area contributed by atoms with E-state index < -0.39 is 0 Å². The van der Waals surface area contributed by atoms with Gasteiger partial charge in [0.2, 0.25) is 0 Å². The van der Waals surface area contributed by atoms with Crippen LogP contribution in [-0.4, -0.2) is 26.0 Å². The van der Waals surface area contributed by atoms with Gasteiger partial charge >= 0.3 is 0 Å². The van der Waals surface area contributed by atoms with Crippen molar-refractivity contribution in [2.75, 3.05) is 14.1 Å². The molecule has 1 atom stereocenters. The van der Waals surface area contributed by atoms with E-state index in [-0.39, 0.29) is 17.8 Å². The molecule has 0 saturated carbocycles. The third kappa shape index (κ3) is 5.05. The van der Waals surface area contributed by atoms with Crippen molar-refractivity contribution in [1.82, 2.24) is 16.0 Å². The summed E-state index contributed by atoms with van der Waals surface area (Å²) in [6, 6.07) is 12.5. The average Bonchev–Trinajstić information content (AvgIpc) is 2.66. The number of benzene rings is 2. The summed E-state index contributed by atoms with van der Waals surface area (Å²) >= 11 is 0. The molecule has 0 bridgehead atoms. The number of amides is 1. The van der Waals surface area contributed by atoms with Crippen LogP contribution < -0.4 is 16.0 Å². The molecular formula is C20H25FN4O. The number of nitrogens with one attached hydrogen (secondary N) is 3. The van der Waals surface area contributed by atoms with Crippen LogP contribution in [0.1, 0.15) is 40.0 Å². The molecule has 2 aromatic carbocycles. The van der Waals surface area contributed by atoms with Gasteiger partial charge in [0.05, 0.1) is 6.04 Å². The van der Waals surface area contributed by atoms with Crippen LogP contribution in [0, 0.1) is 12.7 Å². The molecule has 6 heteroatoms. The van der Waals surface area contributed by atoms with Gasteiger partial charge in [-0.1, -0.05) is 24.3 Å². The van der Waals surface area contributed by atoms with Crippen molar-refractivity contribution in [3.8, 4) is 0 Å². The number of nitrogens with zero attached hydrogens (tertiary/aromatic N) is 1. The van der Waals surface area contributed by atoms with E-state index in [9.17, 15) is 9.18 Å². The molecule has 0 aliphatic carbocycles. The zero-order chi connectivity index (χ0) is 19.1. The Kier molecular flexibility index (Phi) is 6.72. The molecule has 0 fully saturated rings. The van der Waals surface area contributed by atoms with Crippen LogP contribution in [0.3, 0.4) is 0 Å². The molecule has 5 nitrogen and oxygen atoms in total. The van der Waals surface area contributed by atoms with E-state index in [1.54, 1.807) is 33.2 Å². The van der Waals surface area contributed by atoms with Gasteiger partial charge in [0.25, 0.3) is 5.91 Å².